The van der Waals surface area contributed by atoms with Gasteiger partial charge in [-0.05, 0) is 36.5 Å². The second-order valence-corrected chi connectivity index (χ2v) is 5.84. The molecular weight excluding hydrogens is 264 g/mol. The van der Waals surface area contributed by atoms with Crippen LogP contribution >= 0.6 is 0 Å². The lowest BCUT2D eigenvalue weighted by molar-refractivity contribution is -0.132. The van der Waals surface area contributed by atoms with Crippen LogP contribution in [0.2, 0.25) is 0 Å². The summed E-state index contributed by atoms with van der Waals surface area (Å²) in [6, 6.07) is 7.99. The molecule has 0 atom stereocenters. The number of hydrogen-bond donors (Lipinski definition) is 1. The van der Waals surface area contributed by atoms with E-state index in [-0.39, 0.29) is 5.91 Å². The van der Waals surface area contributed by atoms with Gasteiger partial charge in [-0.3, -0.25) is 4.79 Å². The van der Waals surface area contributed by atoms with Gasteiger partial charge < -0.3 is 15.0 Å². The molecule has 0 spiro atoms. The van der Waals surface area contributed by atoms with E-state index in [9.17, 15) is 4.79 Å². The lowest BCUT2D eigenvalue weighted by Crippen LogP contribution is -2.39. The van der Waals surface area contributed by atoms with Crippen LogP contribution in [-0.2, 0) is 11.3 Å². The van der Waals surface area contributed by atoms with Gasteiger partial charge in [-0.25, -0.2) is 0 Å². The number of benzene rings is 1. The molecule has 0 aromatic heterocycles. The summed E-state index contributed by atoms with van der Waals surface area (Å²) in [4.78, 5) is 14.1. The Morgan fingerprint density at radius 1 is 1.29 bits per heavy atom. The van der Waals surface area contributed by atoms with Gasteiger partial charge in [0.1, 0.15) is 5.75 Å². The summed E-state index contributed by atoms with van der Waals surface area (Å²) in [5.41, 5.74) is 1.20. The highest BCUT2D eigenvalue weighted by Gasteiger charge is 2.19. The zero-order valence-corrected chi connectivity index (χ0v) is 13.1. The first kappa shape index (κ1) is 15.8. The Kier molecular flexibility index (Phi) is 6.05. The highest BCUT2D eigenvalue weighted by Crippen LogP contribution is 2.16. The average molecular weight is 290 g/mol. The Morgan fingerprint density at radius 2 is 1.95 bits per heavy atom. The number of piperidine rings is 1. The zero-order valence-electron chi connectivity index (χ0n) is 13.1. The van der Waals surface area contributed by atoms with E-state index in [0.717, 1.165) is 50.7 Å². The summed E-state index contributed by atoms with van der Waals surface area (Å²) in [5.74, 6) is 1.92. The number of carbonyl (C=O) groups is 1. The third kappa shape index (κ3) is 5.05. The number of hydrogen-bond acceptors (Lipinski definition) is 3. The summed E-state index contributed by atoms with van der Waals surface area (Å²) in [7, 11) is 1.67. The molecular formula is C17H26N2O2. The summed E-state index contributed by atoms with van der Waals surface area (Å²) < 4.78 is 5.13. The molecule has 1 aliphatic heterocycles. The molecule has 4 heteroatoms. The first-order chi connectivity index (χ1) is 10.2. The van der Waals surface area contributed by atoms with Gasteiger partial charge in [0.2, 0.25) is 5.91 Å². The van der Waals surface area contributed by atoms with Crippen LogP contribution in [0.1, 0.15) is 31.7 Å². The van der Waals surface area contributed by atoms with E-state index in [1.54, 1.807) is 7.11 Å². The lowest BCUT2D eigenvalue weighted by atomic mass is 9.99. The predicted molar refractivity (Wildman–Crippen MR) is 84.3 cm³/mol. The summed E-state index contributed by atoms with van der Waals surface area (Å²) in [5, 5.41) is 3.33. The van der Waals surface area contributed by atoms with Crippen LogP contribution in [0.5, 0.6) is 5.75 Å². The van der Waals surface area contributed by atoms with E-state index in [0.29, 0.717) is 6.42 Å². The van der Waals surface area contributed by atoms with Gasteiger partial charge in [0, 0.05) is 32.6 Å². The highest BCUT2D eigenvalue weighted by atomic mass is 16.5. The van der Waals surface area contributed by atoms with E-state index >= 15 is 0 Å². The maximum absolute atomic E-state index is 12.1. The van der Waals surface area contributed by atoms with Gasteiger partial charge in [0.15, 0.2) is 0 Å². The maximum Gasteiger partial charge on any atom is 0.223 e. The molecule has 0 unspecified atom stereocenters. The number of likely N-dealkylation sites (tertiary alicyclic amines) is 1. The molecule has 1 aliphatic rings. The molecule has 1 aromatic rings. The average Bonchev–Trinajstić information content (AvgIpc) is 2.52. The van der Waals surface area contributed by atoms with E-state index in [1.165, 1.54) is 5.56 Å². The molecule has 0 saturated carbocycles. The quantitative estimate of drug-likeness (QED) is 0.818. The number of rotatable bonds is 6. The first-order valence-electron chi connectivity index (χ1n) is 7.80. The van der Waals surface area contributed by atoms with Crippen molar-refractivity contribution < 1.29 is 9.53 Å². The smallest absolute Gasteiger partial charge is 0.223 e. The van der Waals surface area contributed by atoms with Crippen LogP contribution in [0.15, 0.2) is 24.3 Å². The number of nitrogens with one attached hydrogen (secondary N) is 1. The Morgan fingerprint density at radius 3 is 2.57 bits per heavy atom. The Hall–Kier alpha value is -1.55. The molecule has 0 bridgehead atoms. The van der Waals surface area contributed by atoms with Gasteiger partial charge >= 0.3 is 0 Å². The largest absolute Gasteiger partial charge is 0.497 e. The van der Waals surface area contributed by atoms with Crippen molar-refractivity contribution in [1.82, 2.24) is 10.2 Å². The van der Waals surface area contributed by atoms with E-state index in [4.69, 9.17) is 4.74 Å². The van der Waals surface area contributed by atoms with Crippen molar-refractivity contribution >= 4 is 5.91 Å². The summed E-state index contributed by atoms with van der Waals surface area (Å²) >= 11 is 0. The van der Waals surface area contributed by atoms with E-state index in [2.05, 4.69) is 12.2 Å². The molecule has 1 saturated heterocycles. The minimum atomic E-state index is 0.282. The van der Waals surface area contributed by atoms with Crippen molar-refractivity contribution in [3.05, 3.63) is 29.8 Å². The van der Waals surface area contributed by atoms with Gasteiger partial charge in [-0.1, -0.05) is 19.1 Å². The Bertz CT molecular complexity index is 437. The van der Waals surface area contributed by atoms with Crippen molar-refractivity contribution in [2.45, 2.75) is 32.7 Å². The molecule has 0 radical (unpaired) electrons. The van der Waals surface area contributed by atoms with Crippen LogP contribution in [0, 0.1) is 5.92 Å². The van der Waals surface area contributed by atoms with Crippen molar-refractivity contribution in [2.75, 3.05) is 26.7 Å². The second kappa shape index (κ2) is 8.03. The molecule has 1 amide bonds. The number of nitrogens with zero attached hydrogens (tertiary/aromatic N) is 1. The number of ether oxygens (including phenoxy) is 1. The van der Waals surface area contributed by atoms with Crippen LogP contribution < -0.4 is 10.1 Å². The normalized spacial score (nSPS) is 16.0. The predicted octanol–water partition coefficient (Wildman–Crippen LogP) is 2.43. The van der Waals surface area contributed by atoms with Crippen LogP contribution in [0.3, 0.4) is 0 Å². The molecule has 0 aliphatic carbocycles. The number of amides is 1. The SMILES string of the molecule is COc1ccc(CNCCC(=O)N2CCC(C)CC2)cc1. The lowest BCUT2D eigenvalue weighted by Gasteiger charge is -2.30. The second-order valence-electron chi connectivity index (χ2n) is 5.84. The van der Waals surface area contributed by atoms with Gasteiger partial charge in [0.25, 0.3) is 0 Å². The molecule has 116 valence electrons. The minimum absolute atomic E-state index is 0.282. The zero-order chi connectivity index (χ0) is 15.1. The standard InChI is InChI=1S/C17H26N2O2/c1-14-8-11-19(12-9-14)17(20)7-10-18-13-15-3-5-16(21-2)6-4-15/h3-6,14,18H,7-13H2,1-2H3. The van der Waals surface area contributed by atoms with Gasteiger partial charge in [0.05, 0.1) is 7.11 Å². The van der Waals surface area contributed by atoms with E-state index < -0.39 is 0 Å². The maximum atomic E-state index is 12.1. The molecule has 1 fully saturated rings. The molecule has 1 N–H and O–H groups in total. The topological polar surface area (TPSA) is 41.6 Å². The van der Waals surface area contributed by atoms with Crippen molar-refractivity contribution in [1.29, 1.82) is 0 Å². The Labute approximate surface area is 127 Å². The van der Waals surface area contributed by atoms with Crippen LogP contribution in [0.4, 0.5) is 0 Å². The molecule has 1 heterocycles. The summed E-state index contributed by atoms with van der Waals surface area (Å²) in [6.07, 6.45) is 2.88. The highest BCUT2D eigenvalue weighted by molar-refractivity contribution is 5.76. The minimum Gasteiger partial charge on any atom is -0.497 e. The third-order valence-corrected chi connectivity index (χ3v) is 4.14. The monoisotopic (exact) mass is 290 g/mol. The van der Waals surface area contributed by atoms with Crippen molar-refractivity contribution in [3.63, 3.8) is 0 Å². The molecule has 21 heavy (non-hydrogen) atoms. The fraction of sp³-hybridized carbons (Fsp3) is 0.588. The number of carbonyl (C=O) groups excluding carboxylic acids is 1. The first-order valence-corrected chi connectivity index (χ1v) is 7.80. The molecule has 2 rings (SSSR count). The molecule has 1 aromatic carbocycles. The van der Waals surface area contributed by atoms with Gasteiger partial charge in [-0.2, -0.15) is 0 Å². The van der Waals surface area contributed by atoms with Crippen LogP contribution in [-0.4, -0.2) is 37.6 Å². The summed E-state index contributed by atoms with van der Waals surface area (Å²) in [6.45, 7) is 5.64. The fourth-order valence-electron chi connectivity index (χ4n) is 2.59. The van der Waals surface area contributed by atoms with Crippen molar-refractivity contribution in [2.24, 2.45) is 5.92 Å². The van der Waals surface area contributed by atoms with Crippen LogP contribution in [0.25, 0.3) is 0 Å². The van der Waals surface area contributed by atoms with E-state index in [1.807, 2.05) is 29.2 Å². The molecule has 4 nitrogen and oxygen atoms in total. The third-order valence-electron chi connectivity index (χ3n) is 4.14. The fourth-order valence-corrected chi connectivity index (χ4v) is 2.59. The Balaban J connectivity index is 1.63. The van der Waals surface area contributed by atoms with Gasteiger partial charge in [-0.15, -0.1) is 0 Å². The van der Waals surface area contributed by atoms with Crippen molar-refractivity contribution in [3.8, 4) is 5.75 Å². The number of methoxy groups -OCH3 is 1.